The van der Waals surface area contributed by atoms with Gasteiger partial charge in [-0.3, -0.25) is 4.98 Å². The number of hydrogen-bond donors (Lipinski definition) is 0. The summed E-state index contributed by atoms with van der Waals surface area (Å²) in [6, 6.07) is 10.3. The van der Waals surface area contributed by atoms with E-state index >= 15 is 0 Å². The Labute approximate surface area is 107 Å². The lowest BCUT2D eigenvalue weighted by molar-refractivity contribution is 1.01. The van der Waals surface area contributed by atoms with Gasteiger partial charge < -0.3 is 0 Å². The van der Waals surface area contributed by atoms with E-state index in [2.05, 4.69) is 39.4 Å². The molecule has 0 atom stereocenters. The first-order chi connectivity index (χ1) is 8.43. The Bertz CT molecular complexity index is 617. The lowest BCUT2D eigenvalue weighted by Gasteiger charge is -2.03. The van der Waals surface area contributed by atoms with Crippen LogP contribution in [0, 0.1) is 0 Å². The van der Waals surface area contributed by atoms with Gasteiger partial charge in [0.2, 0.25) is 0 Å². The molecular formula is C12H9N3S2. The third-order valence-electron chi connectivity index (χ3n) is 2.41. The molecule has 0 fully saturated rings. The van der Waals surface area contributed by atoms with E-state index in [0.717, 1.165) is 15.6 Å². The van der Waals surface area contributed by atoms with Crippen molar-refractivity contribution in [3.05, 3.63) is 47.6 Å². The summed E-state index contributed by atoms with van der Waals surface area (Å²) < 4.78 is 0.998. The largest absolute Gasteiger partial charge is 0.256 e. The quantitative estimate of drug-likeness (QED) is 0.676. The monoisotopic (exact) mass is 259 g/mol. The van der Waals surface area contributed by atoms with Crippen LogP contribution >= 0.6 is 23.1 Å². The topological polar surface area (TPSA) is 38.7 Å². The number of rotatable bonds is 3. The van der Waals surface area contributed by atoms with E-state index in [0.29, 0.717) is 0 Å². The Hall–Kier alpha value is -1.46. The molecule has 0 saturated heterocycles. The zero-order valence-electron chi connectivity index (χ0n) is 8.91. The summed E-state index contributed by atoms with van der Waals surface area (Å²) in [6.07, 6.45) is 1.83. The van der Waals surface area contributed by atoms with E-state index in [-0.39, 0.29) is 0 Å². The van der Waals surface area contributed by atoms with Crippen molar-refractivity contribution in [1.82, 2.24) is 15.2 Å². The second-order valence-corrected chi connectivity index (χ2v) is 5.54. The van der Waals surface area contributed by atoms with Crippen LogP contribution in [0.3, 0.4) is 0 Å². The SMILES string of the molecule is c1cnc2c(CSc3nncs3)cccc2c1. The Balaban J connectivity index is 1.90. The predicted octanol–water partition coefficient (Wildman–Crippen LogP) is 3.38. The molecule has 3 rings (SSSR count). The number of para-hydroxylation sites is 1. The fraction of sp³-hybridized carbons (Fsp3) is 0.0833. The zero-order chi connectivity index (χ0) is 11.5. The van der Waals surface area contributed by atoms with E-state index in [1.807, 2.05) is 12.3 Å². The molecule has 0 aliphatic carbocycles. The summed E-state index contributed by atoms with van der Waals surface area (Å²) in [5.74, 6) is 0.879. The third-order valence-corrected chi connectivity index (χ3v) is 4.32. The second-order valence-electron chi connectivity index (χ2n) is 3.49. The molecule has 0 N–H and O–H groups in total. The lowest BCUT2D eigenvalue weighted by atomic mass is 10.1. The fourth-order valence-corrected chi connectivity index (χ4v) is 3.12. The molecule has 0 unspecified atom stereocenters. The molecule has 0 amide bonds. The molecular weight excluding hydrogens is 250 g/mol. The van der Waals surface area contributed by atoms with Crippen LogP contribution in [0.25, 0.3) is 10.9 Å². The average Bonchev–Trinajstić information content (AvgIpc) is 2.89. The van der Waals surface area contributed by atoms with E-state index < -0.39 is 0 Å². The minimum absolute atomic E-state index is 0.879. The highest BCUT2D eigenvalue weighted by atomic mass is 32.2. The van der Waals surface area contributed by atoms with E-state index in [1.165, 1.54) is 10.9 Å². The molecule has 2 heterocycles. The van der Waals surface area contributed by atoms with Crippen molar-refractivity contribution in [2.24, 2.45) is 0 Å². The van der Waals surface area contributed by atoms with Gasteiger partial charge in [-0.25, -0.2) is 0 Å². The minimum Gasteiger partial charge on any atom is -0.256 e. The lowest BCUT2D eigenvalue weighted by Crippen LogP contribution is -1.86. The highest BCUT2D eigenvalue weighted by Gasteiger charge is 2.04. The average molecular weight is 259 g/mol. The van der Waals surface area contributed by atoms with Gasteiger partial charge in [0.1, 0.15) is 5.51 Å². The smallest absolute Gasteiger partial charge is 0.174 e. The van der Waals surface area contributed by atoms with Crippen LogP contribution in [0.2, 0.25) is 0 Å². The maximum Gasteiger partial charge on any atom is 0.174 e. The molecule has 3 aromatic rings. The summed E-state index contributed by atoms with van der Waals surface area (Å²) in [7, 11) is 0. The van der Waals surface area contributed by atoms with Crippen LogP contribution in [0.15, 0.2) is 46.4 Å². The van der Waals surface area contributed by atoms with Gasteiger partial charge in [-0.05, 0) is 11.6 Å². The maximum atomic E-state index is 4.44. The van der Waals surface area contributed by atoms with Crippen molar-refractivity contribution in [2.75, 3.05) is 0 Å². The van der Waals surface area contributed by atoms with Crippen LogP contribution in [-0.4, -0.2) is 15.2 Å². The van der Waals surface area contributed by atoms with Crippen LogP contribution in [0.5, 0.6) is 0 Å². The summed E-state index contributed by atoms with van der Waals surface area (Å²) in [5, 5.41) is 9.03. The summed E-state index contributed by atoms with van der Waals surface area (Å²) in [5.41, 5.74) is 4.07. The second kappa shape index (κ2) is 4.81. The van der Waals surface area contributed by atoms with Crippen molar-refractivity contribution in [1.29, 1.82) is 0 Å². The van der Waals surface area contributed by atoms with Gasteiger partial charge in [0, 0.05) is 17.3 Å². The van der Waals surface area contributed by atoms with Crippen LogP contribution in [0.1, 0.15) is 5.56 Å². The van der Waals surface area contributed by atoms with Crippen LogP contribution < -0.4 is 0 Å². The maximum absolute atomic E-state index is 4.44. The van der Waals surface area contributed by atoms with E-state index in [4.69, 9.17) is 0 Å². The van der Waals surface area contributed by atoms with Crippen molar-refractivity contribution in [3.63, 3.8) is 0 Å². The molecule has 2 aromatic heterocycles. The molecule has 0 bridgehead atoms. The predicted molar refractivity (Wildman–Crippen MR) is 71.2 cm³/mol. The van der Waals surface area contributed by atoms with E-state index in [9.17, 15) is 0 Å². The molecule has 84 valence electrons. The van der Waals surface area contributed by atoms with Crippen LogP contribution in [-0.2, 0) is 5.75 Å². The number of fused-ring (bicyclic) bond motifs is 1. The summed E-state index contributed by atoms with van der Waals surface area (Å²) >= 11 is 3.27. The highest BCUT2D eigenvalue weighted by molar-refractivity contribution is 8.00. The molecule has 0 radical (unpaired) electrons. The number of nitrogens with zero attached hydrogens (tertiary/aromatic N) is 3. The van der Waals surface area contributed by atoms with Crippen molar-refractivity contribution < 1.29 is 0 Å². The van der Waals surface area contributed by atoms with Crippen molar-refractivity contribution in [2.45, 2.75) is 10.1 Å². The third kappa shape index (κ3) is 2.30. The molecule has 3 nitrogen and oxygen atoms in total. The number of benzene rings is 1. The molecule has 0 spiro atoms. The number of hydrogen-bond acceptors (Lipinski definition) is 5. The first kappa shape index (κ1) is 10.7. The Morgan fingerprint density at radius 2 is 2.12 bits per heavy atom. The fourth-order valence-electron chi connectivity index (χ4n) is 1.65. The molecule has 0 aliphatic rings. The molecule has 1 aromatic carbocycles. The number of aromatic nitrogens is 3. The van der Waals surface area contributed by atoms with Gasteiger partial charge in [-0.1, -0.05) is 47.4 Å². The Morgan fingerprint density at radius 3 is 3.00 bits per heavy atom. The Kier molecular flexibility index (Phi) is 3.02. The van der Waals surface area contributed by atoms with Gasteiger partial charge in [0.25, 0.3) is 0 Å². The molecule has 17 heavy (non-hydrogen) atoms. The normalized spacial score (nSPS) is 10.8. The first-order valence-electron chi connectivity index (χ1n) is 5.15. The first-order valence-corrected chi connectivity index (χ1v) is 7.01. The molecule has 5 heteroatoms. The minimum atomic E-state index is 0.879. The van der Waals surface area contributed by atoms with Gasteiger partial charge in [-0.15, -0.1) is 10.2 Å². The number of pyridine rings is 1. The summed E-state index contributed by atoms with van der Waals surface area (Å²) in [6.45, 7) is 0. The zero-order valence-corrected chi connectivity index (χ0v) is 10.5. The van der Waals surface area contributed by atoms with Crippen molar-refractivity contribution in [3.8, 4) is 0 Å². The number of thioether (sulfide) groups is 1. The Morgan fingerprint density at radius 1 is 1.18 bits per heavy atom. The van der Waals surface area contributed by atoms with E-state index in [1.54, 1.807) is 28.6 Å². The van der Waals surface area contributed by atoms with Crippen LogP contribution in [0.4, 0.5) is 0 Å². The van der Waals surface area contributed by atoms with Crippen molar-refractivity contribution >= 4 is 34.0 Å². The summed E-state index contributed by atoms with van der Waals surface area (Å²) in [4.78, 5) is 4.44. The molecule has 0 saturated carbocycles. The standard InChI is InChI=1S/C12H9N3S2/c1-3-9-5-2-6-13-11(9)10(4-1)7-16-12-15-14-8-17-12/h1-6,8H,7H2. The van der Waals surface area contributed by atoms with Gasteiger partial charge in [-0.2, -0.15) is 0 Å². The molecule has 0 aliphatic heterocycles. The van der Waals surface area contributed by atoms with Gasteiger partial charge >= 0.3 is 0 Å². The van der Waals surface area contributed by atoms with Gasteiger partial charge in [0.05, 0.1) is 5.52 Å². The highest BCUT2D eigenvalue weighted by Crippen LogP contribution is 2.26. The van der Waals surface area contributed by atoms with Gasteiger partial charge in [0.15, 0.2) is 4.34 Å².